The summed E-state index contributed by atoms with van der Waals surface area (Å²) in [6.07, 6.45) is 0. The summed E-state index contributed by atoms with van der Waals surface area (Å²) in [6, 6.07) is 65.8. The molecule has 8 aromatic rings. The van der Waals surface area contributed by atoms with E-state index < -0.39 is 5.41 Å². The second kappa shape index (κ2) is 11.9. The highest BCUT2D eigenvalue weighted by molar-refractivity contribution is 5.98. The van der Waals surface area contributed by atoms with Gasteiger partial charge in [-0.1, -0.05) is 188 Å². The highest BCUT2D eigenvalue weighted by atomic mass is 15.1. The van der Waals surface area contributed by atoms with Gasteiger partial charge in [-0.3, -0.25) is 0 Å². The Morgan fingerprint density at radius 3 is 1.53 bits per heavy atom. The van der Waals surface area contributed by atoms with Gasteiger partial charge < -0.3 is 4.90 Å². The minimum absolute atomic E-state index is 0.00382. The topological polar surface area (TPSA) is 3.24 Å². The zero-order valence-electron chi connectivity index (χ0n) is 35.6. The Kier molecular flexibility index (Phi) is 7.01. The lowest BCUT2D eigenvalue weighted by atomic mass is 9.68. The van der Waals surface area contributed by atoms with Crippen molar-refractivity contribution in [2.24, 2.45) is 0 Å². The molecule has 60 heavy (non-hydrogen) atoms. The van der Waals surface area contributed by atoms with Crippen molar-refractivity contribution in [1.82, 2.24) is 0 Å². The molecule has 6 bridgehead atoms. The molecule has 1 unspecified atom stereocenters. The molecule has 1 aliphatic heterocycles. The van der Waals surface area contributed by atoms with E-state index in [9.17, 15) is 0 Å². The molecule has 8 aromatic carbocycles. The standard InChI is InChI=1S/C59H49N/c1-56(2,3)37-21-27-46-47-28-23-38-32-53(47)59(52(46)31-37)50-20-14-12-18-44(50)48-30-25-41(35-54(48)59)60(40-24-29-45-43-17-11-13-19-49(43)58(6,7)51(45)34-40)55-33-39(57(38,4)5)22-26-42(55)36-15-9-8-10-16-36/h8-35H,1-7H3. The molecule has 0 saturated heterocycles. The maximum atomic E-state index is 2.58. The number of hydrogen-bond acceptors (Lipinski definition) is 1. The molecule has 1 spiro atoms. The molecule has 1 heterocycles. The van der Waals surface area contributed by atoms with E-state index in [2.05, 4.69) is 223 Å². The van der Waals surface area contributed by atoms with E-state index in [0.29, 0.717) is 0 Å². The predicted molar refractivity (Wildman–Crippen MR) is 251 cm³/mol. The first kappa shape index (κ1) is 35.5. The molecule has 1 atom stereocenters. The van der Waals surface area contributed by atoms with Gasteiger partial charge in [-0.15, -0.1) is 0 Å². The van der Waals surface area contributed by atoms with Gasteiger partial charge in [0.2, 0.25) is 0 Å². The maximum Gasteiger partial charge on any atom is 0.0726 e. The van der Waals surface area contributed by atoms with E-state index in [1.165, 1.54) is 112 Å². The average Bonchev–Trinajstić information content (AvgIpc) is 3.81. The Hall–Kier alpha value is -6.44. The number of anilines is 3. The molecule has 0 amide bonds. The van der Waals surface area contributed by atoms with Crippen LogP contribution in [-0.4, -0.2) is 0 Å². The summed E-state index contributed by atoms with van der Waals surface area (Å²) in [7, 11) is 0. The third-order valence-electron chi connectivity index (χ3n) is 14.9. The molecule has 1 nitrogen and oxygen atoms in total. The summed E-state index contributed by atoms with van der Waals surface area (Å²) in [6.45, 7) is 16.6. The monoisotopic (exact) mass is 771 g/mol. The fraction of sp³-hybridized carbons (Fsp3) is 0.186. The van der Waals surface area contributed by atoms with Crippen molar-refractivity contribution in [1.29, 1.82) is 0 Å². The van der Waals surface area contributed by atoms with Crippen LogP contribution in [0.5, 0.6) is 0 Å². The largest absolute Gasteiger partial charge is 0.310 e. The summed E-state index contributed by atoms with van der Waals surface area (Å²) in [4.78, 5) is 2.58. The summed E-state index contributed by atoms with van der Waals surface area (Å²) < 4.78 is 0. The Morgan fingerprint density at radius 2 is 0.850 bits per heavy atom. The first-order chi connectivity index (χ1) is 28.9. The van der Waals surface area contributed by atoms with Crippen molar-refractivity contribution < 1.29 is 0 Å². The zero-order chi connectivity index (χ0) is 40.9. The van der Waals surface area contributed by atoms with Crippen LogP contribution in [-0.2, 0) is 21.7 Å². The van der Waals surface area contributed by atoms with E-state index in [-0.39, 0.29) is 16.2 Å². The van der Waals surface area contributed by atoms with Crippen molar-refractivity contribution in [3.63, 3.8) is 0 Å². The van der Waals surface area contributed by atoms with E-state index in [1.54, 1.807) is 0 Å². The van der Waals surface area contributed by atoms with Crippen LogP contribution in [0.15, 0.2) is 170 Å². The Bertz CT molecular complexity index is 3130. The normalized spacial score (nSPS) is 17.9. The smallest absolute Gasteiger partial charge is 0.0726 e. The first-order valence-electron chi connectivity index (χ1n) is 21.7. The highest BCUT2D eigenvalue weighted by Gasteiger charge is 2.53. The molecule has 0 aromatic heterocycles. The Labute approximate surface area is 355 Å². The molecular formula is C59H49N. The van der Waals surface area contributed by atoms with Gasteiger partial charge >= 0.3 is 0 Å². The fourth-order valence-electron chi connectivity index (χ4n) is 11.6. The molecule has 12 rings (SSSR count). The Morgan fingerprint density at radius 1 is 0.367 bits per heavy atom. The van der Waals surface area contributed by atoms with E-state index >= 15 is 0 Å². The lowest BCUT2D eigenvalue weighted by molar-refractivity contribution is 0.588. The van der Waals surface area contributed by atoms with Crippen LogP contribution in [0.2, 0.25) is 0 Å². The molecule has 3 aliphatic carbocycles. The Balaban J connectivity index is 1.22. The average molecular weight is 772 g/mol. The molecule has 0 N–H and O–H groups in total. The van der Waals surface area contributed by atoms with Crippen LogP contribution in [0, 0.1) is 0 Å². The van der Waals surface area contributed by atoms with E-state index in [0.717, 1.165) is 0 Å². The minimum atomic E-state index is -0.484. The van der Waals surface area contributed by atoms with Crippen molar-refractivity contribution >= 4 is 17.1 Å². The van der Waals surface area contributed by atoms with Gasteiger partial charge in [0, 0.05) is 27.8 Å². The molecule has 0 fully saturated rings. The molecule has 4 aliphatic rings. The van der Waals surface area contributed by atoms with Crippen molar-refractivity contribution in [2.75, 3.05) is 4.90 Å². The van der Waals surface area contributed by atoms with Gasteiger partial charge in [-0.05, 0) is 125 Å². The number of hydrogen-bond donors (Lipinski definition) is 0. The summed E-state index contributed by atoms with van der Waals surface area (Å²) in [5, 5.41) is 0. The van der Waals surface area contributed by atoms with Crippen LogP contribution >= 0.6 is 0 Å². The fourth-order valence-corrected chi connectivity index (χ4v) is 11.6. The zero-order valence-corrected chi connectivity index (χ0v) is 35.6. The van der Waals surface area contributed by atoms with Gasteiger partial charge in [-0.25, -0.2) is 0 Å². The first-order valence-corrected chi connectivity index (χ1v) is 21.7. The van der Waals surface area contributed by atoms with E-state index in [1.807, 2.05) is 0 Å². The van der Waals surface area contributed by atoms with Crippen molar-refractivity contribution in [3.8, 4) is 44.5 Å². The summed E-state index contributed by atoms with van der Waals surface area (Å²) in [5.41, 5.74) is 25.3. The molecule has 0 radical (unpaired) electrons. The van der Waals surface area contributed by atoms with E-state index in [4.69, 9.17) is 0 Å². The molecule has 1 heteroatoms. The van der Waals surface area contributed by atoms with Crippen molar-refractivity contribution in [2.45, 2.75) is 70.1 Å². The minimum Gasteiger partial charge on any atom is -0.310 e. The molecule has 290 valence electrons. The van der Waals surface area contributed by atoms with Gasteiger partial charge in [0.15, 0.2) is 0 Å². The number of benzene rings is 8. The van der Waals surface area contributed by atoms with Gasteiger partial charge in [-0.2, -0.15) is 0 Å². The summed E-state index contributed by atoms with van der Waals surface area (Å²) >= 11 is 0. The van der Waals surface area contributed by atoms with Crippen LogP contribution in [0.4, 0.5) is 17.1 Å². The van der Waals surface area contributed by atoms with Gasteiger partial charge in [0.05, 0.1) is 11.1 Å². The molecule has 0 saturated carbocycles. The maximum absolute atomic E-state index is 2.58. The van der Waals surface area contributed by atoms with Crippen LogP contribution in [0.3, 0.4) is 0 Å². The molecular weight excluding hydrogens is 723 g/mol. The number of rotatable bonds is 2. The second-order valence-electron chi connectivity index (χ2n) is 19.8. The summed E-state index contributed by atoms with van der Waals surface area (Å²) in [5.74, 6) is 0. The second-order valence-corrected chi connectivity index (χ2v) is 19.8. The van der Waals surface area contributed by atoms with Crippen molar-refractivity contribution in [3.05, 3.63) is 220 Å². The SMILES string of the molecule is CC(C)(C)c1ccc2c(c1)C13c4ccccc4-c4ccc(cc41)N(c1ccc4c(c1)C(C)(C)c1ccccc1-4)c1cc(ccc1-c1ccccc1)C(C)(C)c1ccc-2c3c1. The lowest BCUT2D eigenvalue weighted by Crippen LogP contribution is -2.28. The highest BCUT2D eigenvalue weighted by Crippen LogP contribution is 2.65. The lowest BCUT2D eigenvalue weighted by Gasteiger charge is -2.36. The number of fused-ring (bicyclic) bond motifs is 11. The quantitative estimate of drug-likeness (QED) is 0.169. The van der Waals surface area contributed by atoms with Gasteiger partial charge in [0.25, 0.3) is 0 Å². The van der Waals surface area contributed by atoms with Crippen LogP contribution < -0.4 is 4.90 Å². The van der Waals surface area contributed by atoms with Gasteiger partial charge in [0.1, 0.15) is 0 Å². The number of nitrogens with zero attached hydrogens (tertiary/aromatic N) is 1. The third kappa shape index (κ3) is 4.53. The van der Waals surface area contributed by atoms with Crippen LogP contribution in [0.25, 0.3) is 44.5 Å². The van der Waals surface area contributed by atoms with Crippen LogP contribution in [0.1, 0.15) is 98.5 Å². The third-order valence-corrected chi connectivity index (χ3v) is 14.9. The predicted octanol–water partition coefficient (Wildman–Crippen LogP) is 15.4.